The van der Waals surface area contributed by atoms with Gasteiger partial charge < -0.3 is 15.4 Å². The molecule has 0 aliphatic rings. The summed E-state index contributed by atoms with van der Waals surface area (Å²) in [5.74, 6) is 0.403. The van der Waals surface area contributed by atoms with Gasteiger partial charge in [-0.05, 0) is 19.4 Å². The first-order chi connectivity index (χ1) is 8.63. The van der Waals surface area contributed by atoms with Crippen LogP contribution < -0.4 is 10.6 Å². The van der Waals surface area contributed by atoms with Crippen LogP contribution in [0.4, 0.5) is 10.2 Å². The highest BCUT2D eigenvalue weighted by Gasteiger charge is 2.17. The van der Waals surface area contributed by atoms with Gasteiger partial charge in [0.1, 0.15) is 11.6 Å². The van der Waals surface area contributed by atoms with Crippen molar-refractivity contribution in [2.24, 2.45) is 5.73 Å². The van der Waals surface area contributed by atoms with Crippen molar-refractivity contribution in [1.29, 1.82) is 0 Å². The van der Waals surface area contributed by atoms with Crippen molar-refractivity contribution < 1.29 is 9.13 Å². The summed E-state index contributed by atoms with van der Waals surface area (Å²) in [7, 11) is 1.66. The molecule has 1 unspecified atom stereocenters. The van der Waals surface area contributed by atoms with Gasteiger partial charge in [0.2, 0.25) is 0 Å². The van der Waals surface area contributed by atoms with Crippen LogP contribution in [0.3, 0.4) is 0 Å². The number of anilines is 1. The second kappa shape index (κ2) is 7.28. The number of hydrogen-bond donors (Lipinski definition) is 1. The number of hydrogen-bond acceptors (Lipinski definition) is 4. The fraction of sp³-hybridized carbons (Fsp3) is 0.615. The van der Waals surface area contributed by atoms with E-state index in [1.54, 1.807) is 7.11 Å². The van der Waals surface area contributed by atoms with Crippen molar-refractivity contribution in [3.63, 3.8) is 0 Å². The minimum atomic E-state index is -0.352. The summed E-state index contributed by atoms with van der Waals surface area (Å²) in [4.78, 5) is 6.30. The zero-order chi connectivity index (χ0) is 13.5. The van der Waals surface area contributed by atoms with Crippen molar-refractivity contribution in [3.8, 4) is 0 Å². The van der Waals surface area contributed by atoms with Crippen molar-refractivity contribution in [2.75, 3.05) is 25.2 Å². The molecule has 18 heavy (non-hydrogen) atoms. The molecule has 2 N–H and O–H groups in total. The molecule has 4 nitrogen and oxygen atoms in total. The molecule has 0 saturated heterocycles. The number of aromatic nitrogens is 1. The lowest BCUT2D eigenvalue weighted by atomic mass is 10.1. The molecule has 0 aliphatic carbocycles. The van der Waals surface area contributed by atoms with Gasteiger partial charge in [0.05, 0.1) is 12.8 Å². The summed E-state index contributed by atoms with van der Waals surface area (Å²) >= 11 is 0. The molecule has 0 aliphatic heterocycles. The number of halogens is 1. The minimum absolute atomic E-state index is 0.278. The zero-order valence-electron chi connectivity index (χ0n) is 11.3. The Hall–Kier alpha value is -1.20. The van der Waals surface area contributed by atoms with Crippen LogP contribution in [0.5, 0.6) is 0 Å². The SMILES string of the molecule is CCC(C)N(CCOC)c1ncc(F)cc1CN. The average Bonchev–Trinajstić information content (AvgIpc) is 2.39. The summed E-state index contributed by atoms with van der Waals surface area (Å²) in [5, 5.41) is 0. The lowest BCUT2D eigenvalue weighted by molar-refractivity contribution is 0.203. The van der Waals surface area contributed by atoms with Gasteiger partial charge >= 0.3 is 0 Å². The topological polar surface area (TPSA) is 51.4 Å². The Labute approximate surface area is 108 Å². The van der Waals surface area contributed by atoms with Crippen LogP contribution in [0.25, 0.3) is 0 Å². The highest BCUT2D eigenvalue weighted by molar-refractivity contribution is 5.47. The second-order valence-corrected chi connectivity index (χ2v) is 4.28. The van der Waals surface area contributed by atoms with E-state index >= 15 is 0 Å². The van der Waals surface area contributed by atoms with Gasteiger partial charge in [-0.15, -0.1) is 0 Å². The Morgan fingerprint density at radius 2 is 2.28 bits per heavy atom. The van der Waals surface area contributed by atoms with Gasteiger partial charge in [-0.3, -0.25) is 0 Å². The summed E-state index contributed by atoms with van der Waals surface area (Å²) in [6.45, 7) is 5.82. The molecule has 0 saturated carbocycles. The van der Waals surface area contributed by atoms with Crippen LogP contribution in [0, 0.1) is 5.82 Å². The molecule has 1 atom stereocenters. The average molecular weight is 255 g/mol. The lowest BCUT2D eigenvalue weighted by Crippen LogP contribution is -2.37. The summed E-state index contributed by atoms with van der Waals surface area (Å²) < 4.78 is 18.3. The maximum absolute atomic E-state index is 13.2. The standard InChI is InChI=1S/C13H22FN3O/c1-4-10(2)17(5-6-18-3)13-11(8-15)7-12(14)9-16-13/h7,9-10H,4-6,8,15H2,1-3H3. The summed E-state index contributed by atoms with van der Waals surface area (Å²) in [6, 6.07) is 1.76. The Kier molecular flexibility index (Phi) is 6.01. The molecule has 0 spiro atoms. The fourth-order valence-electron chi connectivity index (χ4n) is 1.83. The van der Waals surface area contributed by atoms with Gasteiger partial charge in [0.25, 0.3) is 0 Å². The Bertz CT molecular complexity index is 373. The molecule has 0 fully saturated rings. The van der Waals surface area contributed by atoms with Gasteiger partial charge in [-0.25, -0.2) is 9.37 Å². The van der Waals surface area contributed by atoms with Gasteiger partial charge in [0, 0.05) is 31.8 Å². The van der Waals surface area contributed by atoms with Crippen molar-refractivity contribution >= 4 is 5.82 Å². The zero-order valence-corrected chi connectivity index (χ0v) is 11.3. The maximum atomic E-state index is 13.2. The predicted octanol–water partition coefficient (Wildman–Crippen LogP) is 1.93. The number of pyridine rings is 1. The van der Waals surface area contributed by atoms with E-state index in [1.807, 2.05) is 0 Å². The van der Waals surface area contributed by atoms with E-state index in [1.165, 1.54) is 12.3 Å². The van der Waals surface area contributed by atoms with Crippen molar-refractivity contribution in [3.05, 3.63) is 23.6 Å². The first-order valence-electron chi connectivity index (χ1n) is 6.24. The van der Waals surface area contributed by atoms with E-state index in [0.29, 0.717) is 12.6 Å². The third kappa shape index (κ3) is 3.65. The normalized spacial score (nSPS) is 12.5. The number of nitrogens with zero attached hydrogens (tertiary/aromatic N) is 2. The van der Waals surface area contributed by atoms with Crippen LogP contribution in [-0.2, 0) is 11.3 Å². The Morgan fingerprint density at radius 3 is 2.83 bits per heavy atom. The molecule has 102 valence electrons. The third-order valence-electron chi connectivity index (χ3n) is 3.06. The summed E-state index contributed by atoms with van der Waals surface area (Å²) in [6.07, 6.45) is 2.21. The van der Waals surface area contributed by atoms with E-state index in [-0.39, 0.29) is 12.4 Å². The van der Waals surface area contributed by atoms with E-state index < -0.39 is 0 Å². The van der Waals surface area contributed by atoms with Gasteiger partial charge in [0.15, 0.2) is 0 Å². The monoisotopic (exact) mass is 255 g/mol. The van der Waals surface area contributed by atoms with Crippen LogP contribution in [-0.4, -0.2) is 31.3 Å². The van der Waals surface area contributed by atoms with Crippen molar-refractivity contribution in [1.82, 2.24) is 4.98 Å². The van der Waals surface area contributed by atoms with E-state index in [2.05, 4.69) is 23.7 Å². The summed E-state index contributed by atoms with van der Waals surface area (Å²) in [5.41, 5.74) is 6.39. The smallest absolute Gasteiger partial charge is 0.141 e. The first kappa shape index (κ1) is 14.9. The molecule has 1 rings (SSSR count). The molecule has 5 heteroatoms. The second-order valence-electron chi connectivity index (χ2n) is 4.28. The van der Waals surface area contributed by atoms with Crippen LogP contribution in [0.1, 0.15) is 25.8 Å². The van der Waals surface area contributed by atoms with Gasteiger partial charge in [-0.2, -0.15) is 0 Å². The van der Waals surface area contributed by atoms with E-state index in [4.69, 9.17) is 10.5 Å². The third-order valence-corrected chi connectivity index (χ3v) is 3.06. The molecule has 1 aromatic rings. The van der Waals surface area contributed by atoms with Gasteiger partial charge in [-0.1, -0.05) is 6.92 Å². The number of nitrogens with two attached hydrogens (primary N) is 1. The lowest BCUT2D eigenvalue weighted by Gasteiger charge is -2.31. The quantitative estimate of drug-likeness (QED) is 0.809. The van der Waals surface area contributed by atoms with E-state index in [0.717, 1.165) is 24.3 Å². The number of rotatable bonds is 7. The number of methoxy groups -OCH3 is 1. The molecule has 1 heterocycles. The largest absolute Gasteiger partial charge is 0.383 e. The highest BCUT2D eigenvalue weighted by atomic mass is 19.1. The van der Waals surface area contributed by atoms with Crippen molar-refractivity contribution in [2.45, 2.75) is 32.9 Å². The molecule has 0 aromatic carbocycles. The van der Waals surface area contributed by atoms with Crippen LogP contribution >= 0.6 is 0 Å². The molecule has 0 radical (unpaired) electrons. The molecular formula is C13H22FN3O. The van der Waals surface area contributed by atoms with Crippen LogP contribution in [0.15, 0.2) is 12.3 Å². The molecule has 0 amide bonds. The molecular weight excluding hydrogens is 233 g/mol. The Balaban J connectivity index is 3.03. The highest BCUT2D eigenvalue weighted by Crippen LogP contribution is 2.21. The minimum Gasteiger partial charge on any atom is -0.383 e. The molecule has 0 bridgehead atoms. The first-order valence-corrected chi connectivity index (χ1v) is 6.24. The molecule has 1 aromatic heterocycles. The Morgan fingerprint density at radius 1 is 1.56 bits per heavy atom. The van der Waals surface area contributed by atoms with Crippen LogP contribution in [0.2, 0.25) is 0 Å². The maximum Gasteiger partial charge on any atom is 0.141 e. The van der Waals surface area contributed by atoms with E-state index in [9.17, 15) is 4.39 Å². The number of ether oxygens (including phenoxy) is 1. The predicted molar refractivity (Wildman–Crippen MR) is 71.1 cm³/mol. The fourth-order valence-corrected chi connectivity index (χ4v) is 1.83.